The monoisotopic (exact) mass is 1460 g/mol. The lowest BCUT2D eigenvalue weighted by Crippen LogP contribution is -2.15. The Balaban J connectivity index is 1.08. The van der Waals surface area contributed by atoms with E-state index in [-0.39, 0.29) is 71.3 Å². The number of benzene rings is 11. The average Bonchev–Trinajstić information content (AvgIpc) is 0.756. The first-order chi connectivity index (χ1) is 52.4. The molecule has 0 amide bonds. The first-order valence-electron chi connectivity index (χ1n) is 38.0. The molecule has 0 bridgehead atoms. The van der Waals surface area contributed by atoms with E-state index in [4.69, 9.17) is 14.2 Å². The highest BCUT2D eigenvalue weighted by Crippen LogP contribution is 2.52. The molecule has 13 heteroatoms. The van der Waals surface area contributed by atoms with Crippen molar-refractivity contribution in [3.63, 3.8) is 0 Å². The molecule has 0 aromatic heterocycles. The molecule has 2 aliphatic rings. The van der Waals surface area contributed by atoms with Gasteiger partial charge in [-0.3, -0.25) is 0 Å². The third kappa shape index (κ3) is 16.9. The van der Waals surface area contributed by atoms with Gasteiger partial charge in [0.2, 0.25) is 0 Å². The van der Waals surface area contributed by atoms with Crippen LogP contribution in [0.15, 0.2) is 188 Å². The van der Waals surface area contributed by atoms with Crippen molar-refractivity contribution in [2.24, 2.45) is 0 Å². The Kier molecular flexibility index (Phi) is 22.8. The zero-order chi connectivity index (χ0) is 76.9. The second kappa shape index (κ2) is 32.9. The molecular weight excluding hydrogens is 1360 g/mol. The van der Waals surface area contributed by atoms with E-state index in [1.165, 1.54) is 0 Å². The predicted molar refractivity (Wildman–Crippen MR) is 427 cm³/mol. The molecule has 0 unspecified atom stereocenters. The SMILES string of the molecule is Cc1cc(C(c2cc(C)c(O)cc2C)c2cc(Cc3cc(-c4ccccc4)cc(Cc4cc(C5CCCCC5)c(OCc5ccc(C(=O)O)cc5)c(C(c5cc(C)c(O)cc5C)c5cc(C)c(O)cc5C)c4)c3OCc3ccc(C(=O)O)cc3)cc(C3CCCCC3)c2OCc2ccc(C(=O)O)cc2)c(C)cc1O. The number of phenolic OH excluding ortho intramolecular Hbond substituents is 4. The van der Waals surface area contributed by atoms with Crippen molar-refractivity contribution < 1.29 is 64.3 Å². The van der Waals surface area contributed by atoms with Crippen LogP contribution in [0.2, 0.25) is 0 Å². The molecule has 2 fully saturated rings. The molecule has 109 heavy (non-hydrogen) atoms. The van der Waals surface area contributed by atoms with E-state index in [2.05, 4.69) is 72.8 Å². The molecule has 0 heterocycles. The number of ether oxygens (including phenoxy) is 3. The fourth-order valence-corrected chi connectivity index (χ4v) is 16.6. The fraction of sp³-hybridized carbons (Fsp3) is 0.281. The van der Waals surface area contributed by atoms with Gasteiger partial charge in [-0.25, -0.2) is 14.4 Å². The summed E-state index contributed by atoms with van der Waals surface area (Å²) in [4.78, 5) is 36.7. The minimum atomic E-state index is -1.04. The quantitative estimate of drug-likeness (QED) is 0.0265. The van der Waals surface area contributed by atoms with Crippen LogP contribution in [0.3, 0.4) is 0 Å². The Hall–Kier alpha value is -11.6. The van der Waals surface area contributed by atoms with E-state index < -0.39 is 29.7 Å². The highest BCUT2D eigenvalue weighted by molar-refractivity contribution is 5.88. The van der Waals surface area contributed by atoms with Crippen LogP contribution in [-0.2, 0) is 32.7 Å². The normalized spacial score (nSPS) is 13.4. The summed E-state index contributed by atoms with van der Waals surface area (Å²) in [5.41, 5.74) is 22.4. The maximum atomic E-state index is 12.3. The van der Waals surface area contributed by atoms with Crippen molar-refractivity contribution in [2.45, 2.75) is 176 Å². The molecule has 0 radical (unpaired) electrons. The third-order valence-electron chi connectivity index (χ3n) is 22.6. The molecular formula is C96H96O13. The number of hydrogen-bond acceptors (Lipinski definition) is 10. The average molecular weight is 1460 g/mol. The van der Waals surface area contributed by atoms with E-state index in [9.17, 15) is 50.1 Å². The van der Waals surface area contributed by atoms with E-state index >= 15 is 0 Å². The lowest BCUT2D eigenvalue weighted by Gasteiger charge is -2.31. The summed E-state index contributed by atoms with van der Waals surface area (Å²) in [5.74, 6) is -1.13. The lowest BCUT2D eigenvalue weighted by atomic mass is 9.75. The second-order valence-electron chi connectivity index (χ2n) is 30.4. The van der Waals surface area contributed by atoms with Gasteiger partial charge in [0.15, 0.2) is 0 Å². The summed E-state index contributed by atoms with van der Waals surface area (Å²) in [6, 6.07) is 60.0. The summed E-state index contributed by atoms with van der Waals surface area (Å²) < 4.78 is 22.3. The van der Waals surface area contributed by atoms with E-state index in [1.54, 1.807) is 72.8 Å². The molecule has 2 aliphatic carbocycles. The van der Waals surface area contributed by atoms with E-state index in [0.717, 1.165) is 193 Å². The minimum absolute atomic E-state index is 0.0860. The summed E-state index contributed by atoms with van der Waals surface area (Å²) in [7, 11) is 0. The second-order valence-corrected chi connectivity index (χ2v) is 30.4. The van der Waals surface area contributed by atoms with Gasteiger partial charge in [-0.2, -0.15) is 0 Å². The molecule has 0 aliphatic heterocycles. The van der Waals surface area contributed by atoms with Crippen molar-refractivity contribution in [3.8, 4) is 51.4 Å². The van der Waals surface area contributed by atoms with Gasteiger partial charge in [0, 0.05) is 35.8 Å². The molecule has 558 valence electrons. The molecule has 2 saturated carbocycles. The van der Waals surface area contributed by atoms with Crippen LogP contribution in [0, 0.1) is 55.4 Å². The molecule has 13 rings (SSSR count). The maximum Gasteiger partial charge on any atom is 0.335 e. The van der Waals surface area contributed by atoms with Crippen molar-refractivity contribution in [3.05, 3.63) is 333 Å². The Morgan fingerprint density at radius 3 is 0.927 bits per heavy atom. The molecule has 0 saturated heterocycles. The largest absolute Gasteiger partial charge is 0.508 e. The Labute approximate surface area is 638 Å². The van der Waals surface area contributed by atoms with Gasteiger partial charge in [0.25, 0.3) is 0 Å². The van der Waals surface area contributed by atoms with Crippen molar-refractivity contribution in [2.75, 3.05) is 0 Å². The number of carbonyl (C=O) groups is 3. The van der Waals surface area contributed by atoms with Crippen LogP contribution < -0.4 is 14.2 Å². The summed E-state index contributed by atoms with van der Waals surface area (Å²) in [5, 5.41) is 75.7. The van der Waals surface area contributed by atoms with Crippen LogP contribution in [0.4, 0.5) is 0 Å². The Bertz CT molecular complexity index is 4830. The van der Waals surface area contributed by atoms with Crippen LogP contribution in [0.5, 0.6) is 40.2 Å². The molecule has 13 nitrogen and oxygen atoms in total. The zero-order valence-electron chi connectivity index (χ0n) is 63.4. The van der Waals surface area contributed by atoms with Gasteiger partial charge >= 0.3 is 17.9 Å². The first-order valence-corrected chi connectivity index (χ1v) is 38.0. The zero-order valence-corrected chi connectivity index (χ0v) is 63.4. The molecule has 0 spiro atoms. The van der Waals surface area contributed by atoms with Gasteiger partial charge in [0.1, 0.15) is 60.1 Å². The number of aromatic hydroxyl groups is 4. The topological polar surface area (TPSA) is 221 Å². The smallest absolute Gasteiger partial charge is 0.335 e. The number of rotatable bonds is 25. The van der Waals surface area contributed by atoms with Gasteiger partial charge in [-0.05, 0) is 294 Å². The molecule has 11 aromatic carbocycles. The lowest BCUT2D eigenvalue weighted by molar-refractivity contribution is 0.0686. The van der Waals surface area contributed by atoms with Crippen molar-refractivity contribution in [1.29, 1.82) is 0 Å². The maximum absolute atomic E-state index is 12.3. The van der Waals surface area contributed by atoms with Crippen LogP contribution in [0.1, 0.15) is 247 Å². The van der Waals surface area contributed by atoms with Gasteiger partial charge in [-0.15, -0.1) is 0 Å². The number of carboxylic acid groups (broad SMARTS) is 3. The molecule has 0 atom stereocenters. The number of aromatic carboxylic acids is 3. The first kappa shape index (κ1) is 75.7. The Morgan fingerprint density at radius 1 is 0.321 bits per heavy atom. The predicted octanol–water partition coefficient (Wildman–Crippen LogP) is 22.1. The summed E-state index contributed by atoms with van der Waals surface area (Å²) >= 11 is 0. The minimum Gasteiger partial charge on any atom is -0.508 e. The summed E-state index contributed by atoms with van der Waals surface area (Å²) in [6.45, 7) is 16.1. The molecule has 7 N–H and O–H groups in total. The number of aryl methyl sites for hydroxylation is 8. The highest BCUT2D eigenvalue weighted by Gasteiger charge is 2.34. The van der Waals surface area contributed by atoms with Gasteiger partial charge in [0.05, 0.1) is 16.7 Å². The van der Waals surface area contributed by atoms with E-state index in [1.807, 2.05) is 97.9 Å². The van der Waals surface area contributed by atoms with E-state index in [0.29, 0.717) is 40.8 Å². The standard InChI is InChI=1S/C96H96O13/c1-55-40-85(97)59(5)36-77(55)89(78-37-60(6)86(98)41-56(78)2)83-48-66(46-81(69-20-14-10-15-21-69)92(83)108-53-64-26-32-72(33-27-64)95(103)104)44-75-50-74(68-18-12-9-13-19-68)51-76(91(75)107-52-63-24-30-71(31-25-63)94(101)102)45-67-47-82(70-22-16-11-17-23-70)93(109-54-65-28-34-73(35-29-65)96(105)106)84(49-67)90(79-38-61(7)87(99)42-57(79)3)80-39-62(8)88(100)43-58(80)4/h9,12-13,18-19,24-43,46-51,69-70,89-90,97-100H,10-11,14-17,20-23,44-45,52-54H2,1-8H3,(H,101,102)(H,103,104)(H,105,106). The van der Waals surface area contributed by atoms with Crippen LogP contribution in [0.25, 0.3) is 11.1 Å². The molecule has 11 aromatic rings. The Morgan fingerprint density at radius 2 is 0.624 bits per heavy atom. The van der Waals surface area contributed by atoms with Crippen molar-refractivity contribution in [1.82, 2.24) is 0 Å². The van der Waals surface area contributed by atoms with Crippen LogP contribution in [-0.4, -0.2) is 53.7 Å². The number of phenols is 4. The number of carboxylic acids is 3. The third-order valence-corrected chi connectivity index (χ3v) is 22.6. The van der Waals surface area contributed by atoms with Crippen LogP contribution >= 0.6 is 0 Å². The van der Waals surface area contributed by atoms with Gasteiger partial charge < -0.3 is 50.0 Å². The fourth-order valence-electron chi connectivity index (χ4n) is 16.6. The summed E-state index contributed by atoms with van der Waals surface area (Å²) in [6.07, 6.45) is 10.7. The number of hydrogen-bond donors (Lipinski definition) is 7. The van der Waals surface area contributed by atoms with Gasteiger partial charge in [-0.1, -0.05) is 154 Å². The van der Waals surface area contributed by atoms with Crippen molar-refractivity contribution >= 4 is 17.9 Å². The highest BCUT2D eigenvalue weighted by atomic mass is 16.5.